The van der Waals surface area contributed by atoms with Crippen molar-refractivity contribution < 1.29 is 9.59 Å². The Morgan fingerprint density at radius 1 is 0.826 bits per heavy atom. The molecule has 2 aliphatic heterocycles. The zero-order chi connectivity index (χ0) is 16.4. The number of nitrogens with zero attached hydrogens (tertiary/aromatic N) is 2. The number of Topliss-reactive ketones (excluding diaryl/α,β-unsaturated/α-hetero) is 1. The smallest absolute Gasteiger partial charge is 0.225 e. The fraction of sp³-hybridized carbons (Fsp3) is 0.895. The molecule has 23 heavy (non-hydrogen) atoms. The number of carbonyl (C=O) groups is 2. The molecule has 130 valence electrons. The summed E-state index contributed by atoms with van der Waals surface area (Å²) < 4.78 is 0. The van der Waals surface area contributed by atoms with Crippen molar-refractivity contribution in [3.63, 3.8) is 0 Å². The largest absolute Gasteiger partial charge is 0.342 e. The van der Waals surface area contributed by atoms with Crippen LogP contribution in [0.15, 0.2) is 0 Å². The monoisotopic (exact) mass is 320 g/mol. The Balaban J connectivity index is 1.49. The molecule has 4 heteroatoms. The van der Waals surface area contributed by atoms with E-state index in [1.54, 1.807) is 6.92 Å². The summed E-state index contributed by atoms with van der Waals surface area (Å²) in [6, 6.07) is 0. The molecule has 0 aromatic rings. The van der Waals surface area contributed by atoms with Crippen molar-refractivity contribution >= 4 is 11.7 Å². The molecule has 2 saturated heterocycles. The number of hydrogen-bond donors (Lipinski definition) is 0. The number of ketones is 1. The molecule has 1 saturated carbocycles. The third kappa shape index (κ3) is 3.78. The van der Waals surface area contributed by atoms with Crippen molar-refractivity contribution in [2.24, 2.45) is 17.3 Å². The van der Waals surface area contributed by atoms with Gasteiger partial charge >= 0.3 is 0 Å². The van der Waals surface area contributed by atoms with Crippen LogP contribution in [-0.4, -0.2) is 54.7 Å². The summed E-state index contributed by atoms with van der Waals surface area (Å²) in [5.41, 5.74) is 0.426. The van der Waals surface area contributed by atoms with Gasteiger partial charge in [0.05, 0.1) is 0 Å². The second-order valence-corrected chi connectivity index (χ2v) is 8.29. The number of rotatable bonds is 2. The van der Waals surface area contributed by atoms with Gasteiger partial charge in [0.25, 0.3) is 0 Å². The van der Waals surface area contributed by atoms with Crippen LogP contribution in [-0.2, 0) is 9.59 Å². The molecule has 0 bridgehead atoms. The molecule has 3 fully saturated rings. The number of hydrogen-bond acceptors (Lipinski definition) is 3. The highest BCUT2D eigenvalue weighted by Crippen LogP contribution is 2.46. The Kier molecular flexibility index (Phi) is 5.10. The van der Waals surface area contributed by atoms with Crippen LogP contribution in [0.3, 0.4) is 0 Å². The molecule has 0 N–H and O–H groups in total. The van der Waals surface area contributed by atoms with Gasteiger partial charge in [0.2, 0.25) is 5.91 Å². The number of amides is 1. The minimum Gasteiger partial charge on any atom is -0.342 e. The van der Waals surface area contributed by atoms with Crippen molar-refractivity contribution in [3.8, 4) is 0 Å². The molecule has 1 spiro atoms. The van der Waals surface area contributed by atoms with Gasteiger partial charge in [-0.15, -0.1) is 0 Å². The van der Waals surface area contributed by atoms with E-state index < -0.39 is 0 Å². The average molecular weight is 320 g/mol. The van der Waals surface area contributed by atoms with Crippen molar-refractivity contribution in [1.29, 1.82) is 0 Å². The van der Waals surface area contributed by atoms with E-state index in [9.17, 15) is 9.59 Å². The van der Waals surface area contributed by atoms with E-state index in [0.717, 1.165) is 64.7 Å². The summed E-state index contributed by atoms with van der Waals surface area (Å²) in [5.74, 6) is 1.34. The first-order chi connectivity index (χ1) is 11.0. The van der Waals surface area contributed by atoms with Gasteiger partial charge in [-0.05, 0) is 83.8 Å². The van der Waals surface area contributed by atoms with Crippen LogP contribution in [0.4, 0.5) is 0 Å². The lowest BCUT2D eigenvalue weighted by molar-refractivity contribution is -0.139. The van der Waals surface area contributed by atoms with Crippen LogP contribution in [0.2, 0.25) is 0 Å². The van der Waals surface area contributed by atoms with Crippen LogP contribution in [0.5, 0.6) is 0 Å². The molecule has 0 radical (unpaired) electrons. The Morgan fingerprint density at radius 2 is 1.39 bits per heavy atom. The van der Waals surface area contributed by atoms with Crippen molar-refractivity contribution in [3.05, 3.63) is 0 Å². The van der Waals surface area contributed by atoms with E-state index >= 15 is 0 Å². The Morgan fingerprint density at radius 3 is 1.91 bits per heavy atom. The zero-order valence-electron chi connectivity index (χ0n) is 14.9. The first kappa shape index (κ1) is 16.9. The number of carbonyl (C=O) groups excluding carboxylic acids is 2. The molecule has 0 aromatic carbocycles. The molecule has 1 amide bonds. The van der Waals surface area contributed by atoms with Gasteiger partial charge in [0.15, 0.2) is 0 Å². The van der Waals surface area contributed by atoms with Crippen molar-refractivity contribution in [2.75, 3.05) is 33.2 Å². The van der Waals surface area contributed by atoms with Crippen molar-refractivity contribution in [2.45, 2.75) is 58.3 Å². The second kappa shape index (κ2) is 6.92. The quantitative estimate of drug-likeness (QED) is 0.785. The molecular formula is C19H32N2O2. The van der Waals surface area contributed by atoms with Crippen LogP contribution in [0.25, 0.3) is 0 Å². The SMILES string of the molecule is CC(=O)C1CCC2(CC1)CCN(C(=O)C1CCN(C)CC1)CC2. The Labute approximate surface area is 140 Å². The molecule has 0 unspecified atom stereocenters. The standard InChI is InChI=1S/C19H32N2O2/c1-15(22)16-3-7-19(8-4-16)9-13-21(14-10-19)18(23)17-5-11-20(2)12-6-17/h16-17H,3-14H2,1-2H3. The third-order valence-corrected chi connectivity index (χ3v) is 6.82. The van der Waals surface area contributed by atoms with Gasteiger partial charge in [0.1, 0.15) is 5.78 Å². The van der Waals surface area contributed by atoms with Gasteiger partial charge in [0, 0.05) is 24.9 Å². The van der Waals surface area contributed by atoms with E-state index in [-0.39, 0.29) is 5.92 Å². The molecule has 2 heterocycles. The molecule has 0 atom stereocenters. The lowest BCUT2D eigenvalue weighted by atomic mass is 9.65. The first-order valence-electron chi connectivity index (χ1n) is 9.47. The molecule has 3 rings (SSSR count). The Hall–Kier alpha value is -0.900. The summed E-state index contributed by atoms with van der Waals surface area (Å²) >= 11 is 0. The summed E-state index contributed by atoms with van der Waals surface area (Å²) in [5, 5.41) is 0. The third-order valence-electron chi connectivity index (χ3n) is 6.82. The van der Waals surface area contributed by atoms with E-state index in [4.69, 9.17) is 0 Å². The summed E-state index contributed by atoms with van der Waals surface area (Å²) in [4.78, 5) is 28.7. The van der Waals surface area contributed by atoms with Crippen LogP contribution in [0, 0.1) is 17.3 Å². The predicted octanol–water partition coefficient (Wildman–Crippen LogP) is 2.72. The second-order valence-electron chi connectivity index (χ2n) is 8.29. The van der Waals surface area contributed by atoms with E-state index in [2.05, 4.69) is 16.8 Å². The van der Waals surface area contributed by atoms with Crippen molar-refractivity contribution in [1.82, 2.24) is 9.80 Å². The topological polar surface area (TPSA) is 40.6 Å². The number of piperidine rings is 2. The van der Waals surface area contributed by atoms with Gasteiger partial charge in [-0.1, -0.05) is 0 Å². The summed E-state index contributed by atoms with van der Waals surface area (Å²) in [6.07, 6.45) is 8.86. The van der Waals surface area contributed by atoms with E-state index in [1.807, 2.05) is 0 Å². The molecule has 1 aliphatic carbocycles. The zero-order valence-corrected chi connectivity index (χ0v) is 14.9. The highest BCUT2D eigenvalue weighted by atomic mass is 16.2. The summed E-state index contributed by atoms with van der Waals surface area (Å²) in [6.45, 7) is 5.73. The van der Waals surface area contributed by atoms with Gasteiger partial charge in [-0.3, -0.25) is 9.59 Å². The Bertz CT molecular complexity index is 436. The fourth-order valence-corrected chi connectivity index (χ4v) is 4.85. The maximum absolute atomic E-state index is 12.7. The minimum atomic E-state index is 0.258. The molecular weight excluding hydrogens is 288 g/mol. The van der Waals surface area contributed by atoms with Gasteiger partial charge in [-0.2, -0.15) is 0 Å². The minimum absolute atomic E-state index is 0.258. The highest BCUT2D eigenvalue weighted by Gasteiger charge is 2.40. The normalized spacial score (nSPS) is 27.3. The van der Waals surface area contributed by atoms with Crippen LogP contribution < -0.4 is 0 Å². The predicted molar refractivity (Wildman–Crippen MR) is 91.1 cm³/mol. The highest BCUT2D eigenvalue weighted by molar-refractivity contribution is 5.79. The van der Waals surface area contributed by atoms with E-state index in [1.165, 1.54) is 12.8 Å². The average Bonchev–Trinajstić information content (AvgIpc) is 2.56. The summed E-state index contributed by atoms with van der Waals surface area (Å²) in [7, 11) is 2.14. The van der Waals surface area contributed by atoms with Crippen LogP contribution in [0.1, 0.15) is 58.3 Å². The fourth-order valence-electron chi connectivity index (χ4n) is 4.85. The van der Waals surface area contributed by atoms with Gasteiger partial charge in [-0.25, -0.2) is 0 Å². The van der Waals surface area contributed by atoms with Crippen LogP contribution >= 0.6 is 0 Å². The number of likely N-dealkylation sites (tertiary alicyclic amines) is 2. The lowest BCUT2D eigenvalue weighted by Crippen LogP contribution is -2.48. The van der Waals surface area contributed by atoms with Gasteiger partial charge < -0.3 is 9.80 Å². The maximum Gasteiger partial charge on any atom is 0.225 e. The first-order valence-corrected chi connectivity index (χ1v) is 9.47. The lowest BCUT2D eigenvalue weighted by Gasteiger charge is -2.46. The maximum atomic E-state index is 12.7. The molecule has 4 nitrogen and oxygen atoms in total. The molecule has 0 aromatic heterocycles. The molecule has 3 aliphatic rings. The van der Waals surface area contributed by atoms with E-state index in [0.29, 0.717) is 23.0 Å².